The Morgan fingerprint density at radius 2 is 1.80 bits per heavy atom. The second-order valence-electron chi connectivity index (χ2n) is 7.92. The first-order valence-electron chi connectivity index (χ1n) is 10.7. The number of anilines is 2. The minimum atomic E-state index is -0.0276. The van der Waals surface area contributed by atoms with Crippen molar-refractivity contribution in [2.24, 2.45) is 0 Å². The van der Waals surface area contributed by atoms with Crippen LogP contribution in [0.25, 0.3) is 0 Å². The number of carbonyl (C=O) groups excluding carboxylic acids is 1. The molecule has 2 atom stereocenters. The Labute approximate surface area is 178 Å². The molecule has 0 saturated carbocycles. The lowest BCUT2D eigenvalue weighted by molar-refractivity contribution is -0.119. The van der Waals surface area contributed by atoms with E-state index in [-0.39, 0.29) is 18.1 Å². The van der Waals surface area contributed by atoms with E-state index in [1.165, 1.54) is 6.92 Å². The average molecular weight is 411 g/mol. The topological polar surface area (TPSA) is 66.9 Å². The molecule has 1 aromatic carbocycles. The summed E-state index contributed by atoms with van der Waals surface area (Å²) in [5.41, 5.74) is 1.06. The number of morpholine rings is 1. The number of hydrogen-bond donors (Lipinski definition) is 1. The molecule has 1 aromatic heterocycles. The van der Waals surface area contributed by atoms with Gasteiger partial charge in [0.25, 0.3) is 0 Å². The molecule has 2 aliphatic heterocycles. The van der Waals surface area contributed by atoms with Crippen molar-refractivity contribution in [3.05, 3.63) is 48.0 Å². The summed E-state index contributed by atoms with van der Waals surface area (Å²) < 4.78 is 11.6. The smallest absolute Gasteiger partial charge is 0.217 e. The Kier molecular flexibility index (Phi) is 6.38. The average Bonchev–Trinajstić information content (AvgIpc) is 3.23. The van der Waals surface area contributed by atoms with Gasteiger partial charge in [0.15, 0.2) is 0 Å². The van der Waals surface area contributed by atoms with Crippen LogP contribution in [0, 0.1) is 0 Å². The molecule has 2 fully saturated rings. The minimum Gasteiger partial charge on any atom is -0.489 e. The maximum absolute atomic E-state index is 11.2. The van der Waals surface area contributed by atoms with Crippen LogP contribution in [0.2, 0.25) is 0 Å². The molecule has 0 spiro atoms. The van der Waals surface area contributed by atoms with Crippen LogP contribution in [0.4, 0.5) is 11.6 Å². The van der Waals surface area contributed by atoms with Crippen LogP contribution in [0.3, 0.4) is 0 Å². The van der Waals surface area contributed by atoms with Gasteiger partial charge in [0.1, 0.15) is 23.5 Å². The molecule has 2 aromatic rings. The number of rotatable bonds is 6. The summed E-state index contributed by atoms with van der Waals surface area (Å²) >= 11 is 0. The van der Waals surface area contributed by atoms with Crippen molar-refractivity contribution in [3.63, 3.8) is 0 Å². The zero-order valence-electron chi connectivity index (χ0n) is 17.7. The first-order chi connectivity index (χ1) is 14.6. The molecule has 4 rings (SSSR count). The molecule has 0 aliphatic carbocycles. The Hall–Kier alpha value is -2.80. The predicted octanol–water partition coefficient (Wildman–Crippen LogP) is 2.77. The van der Waals surface area contributed by atoms with Gasteiger partial charge < -0.3 is 24.6 Å². The molecule has 7 nitrogen and oxygen atoms in total. The maximum Gasteiger partial charge on any atom is 0.217 e. The zero-order chi connectivity index (χ0) is 20.9. The Morgan fingerprint density at radius 3 is 2.50 bits per heavy atom. The summed E-state index contributed by atoms with van der Waals surface area (Å²) in [6, 6.07) is 14.2. The second-order valence-corrected chi connectivity index (χ2v) is 7.92. The minimum absolute atomic E-state index is 0.0108. The highest BCUT2D eigenvalue weighted by Gasteiger charge is 2.25. The van der Waals surface area contributed by atoms with E-state index in [0.717, 1.165) is 68.8 Å². The van der Waals surface area contributed by atoms with Gasteiger partial charge in [-0.1, -0.05) is 18.2 Å². The van der Waals surface area contributed by atoms with Crippen LogP contribution in [-0.4, -0.2) is 56.4 Å². The molecule has 1 N–H and O–H groups in total. The quantitative estimate of drug-likeness (QED) is 0.790. The molecule has 0 unspecified atom stereocenters. The third-order valence-electron chi connectivity index (χ3n) is 5.63. The number of hydrogen-bond acceptors (Lipinski definition) is 6. The van der Waals surface area contributed by atoms with E-state index in [9.17, 15) is 4.79 Å². The molecule has 2 aliphatic rings. The van der Waals surface area contributed by atoms with Crippen LogP contribution < -0.4 is 19.9 Å². The summed E-state index contributed by atoms with van der Waals surface area (Å²) in [5.74, 6) is 2.85. The van der Waals surface area contributed by atoms with Crippen LogP contribution >= 0.6 is 0 Å². The SMILES string of the molecule is CC(=O)N[C@@H](C)c1ccc(O[C@@H]2CCN(c3cccc(N4CCOCC4)n3)C2)cc1. The van der Waals surface area contributed by atoms with Gasteiger partial charge in [-0.15, -0.1) is 0 Å². The molecule has 30 heavy (non-hydrogen) atoms. The summed E-state index contributed by atoms with van der Waals surface area (Å²) in [4.78, 5) is 20.7. The first kappa shape index (κ1) is 20.5. The highest BCUT2D eigenvalue weighted by Crippen LogP contribution is 2.25. The third kappa shape index (κ3) is 5.02. The molecule has 0 bridgehead atoms. The molecule has 160 valence electrons. The van der Waals surface area contributed by atoms with E-state index in [0.29, 0.717) is 0 Å². The number of carbonyl (C=O) groups is 1. The number of aromatic nitrogens is 1. The van der Waals surface area contributed by atoms with Gasteiger partial charge in [0, 0.05) is 33.0 Å². The van der Waals surface area contributed by atoms with Gasteiger partial charge in [0.2, 0.25) is 5.91 Å². The van der Waals surface area contributed by atoms with Crippen molar-refractivity contribution in [1.82, 2.24) is 10.3 Å². The molecule has 0 radical (unpaired) electrons. The molecule has 1 amide bonds. The van der Waals surface area contributed by atoms with E-state index in [1.807, 2.05) is 31.2 Å². The normalized spacial score (nSPS) is 20.1. The fourth-order valence-corrected chi connectivity index (χ4v) is 4.01. The van der Waals surface area contributed by atoms with E-state index in [2.05, 4.69) is 33.3 Å². The van der Waals surface area contributed by atoms with E-state index in [1.54, 1.807) is 0 Å². The number of ether oxygens (including phenoxy) is 2. The van der Waals surface area contributed by atoms with Gasteiger partial charge in [0.05, 0.1) is 25.8 Å². The number of pyridine rings is 1. The third-order valence-corrected chi connectivity index (χ3v) is 5.63. The van der Waals surface area contributed by atoms with Gasteiger partial charge in [-0.2, -0.15) is 0 Å². The number of nitrogens with zero attached hydrogens (tertiary/aromatic N) is 3. The monoisotopic (exact) mass is 410 g/mol. The molecule has 7 heteroatoms. The Bertz CT molecular complexity index is 852. The van der Waals surface area contributed by atoms with Gasteiger partial charge in [-0.25, -0.2) is 4.98 Å². The number of amides is 1. The largest absolute Gasteiger partial charge is 0.489 e. The second kappa shape index (κ2) is 9.34. The van der Waals surface area contributed by atoms with E-state index >= 15 is 0 Å². The predicted molar refractivity (Wildman–Crippen MR) is 117 cm³/mol. The Balaban J connectivity index is 1.34. The van der Waals surface area contributed by atoms with Crippen LogP contribution in [0.15, 0.2) is 42.5 Å². The zero-order valence-corrected chi connectivity index (χ0v) is 17.7. The lowest BCUT2D eigenvalue weighted by Gasteiger charge is -2.28. The van der Waals surface area contributed by atoms with Crippen molar-refractivity contribution in [3.8, 4) is 5.75 Å². The molecular formula is C23H30N4O3. The first-order valence-corrected chi connectivity index (χ1v) is 10.7. The molecular weight excluding hydrogens is 380 g/mol. The lowest BCUT2D eigenvalue weighted by Crippen LogP contribution is -2.37. The van der Waals surface area contributed by atoms with Gasteiger partial charge >= 0.3 is 0 Å². The van der Waals surface area contributed by atoms with E-state index < -0.39 is 0 Å². The van der Waals surface area contributed by atoms with Crippen molar-refractivity contribution < 1.29 is 14.3 Å². The van der Waals surface area contributed by atoms with Crippen molar-refractivity contribution in [2.75, 3.05) is 49.2 Å². The summed E-state index contributed by atoms with van der Waals surface area (Å²) in [7, 11) is 0. The van der Waals surface area contributed by atoms with Gasteiger partial charge in [-0.05, 0) is 36.8 Å². The summed E-state index contributed by atoms with van der Waals surface area (Å²) in [6.45, 7) is 8.56. The standard InChI is InChI=1S/C23H30N4O3/c1-17(24-18(2)28)19-6-8-20(9-7-19)30-21-10-11-27(16-21)23-5-3-4-22(25-23)26-12-14-29-15-13-26/h3-9,17,21H,10-16H2,1-2H3,(H,24,28)/t17-,21+/m0/s1. The van der Waals surface area contributed by atoms with Crippen molar-refractivity contribution in [1.29, 1.82) is 0 Å². The highest BCUT2D eigenvalue weighted by atomic mass is 16.5. The van der Waals surface area contributed by atoms with Crippen LogP contribution in [0.5, 0.6) is 5.75 Å². The summed E-state index contributed by atoms with van der Waals surface area (Å²) in [5, 5.41) is 2.90. The Morgan fingerprint density at radius 1 is 1.10 bits per heavy atom. The molecule has 2 saturated heterocycles. The van der Waals surface area contributed by atoms with Crippen molar-refractivity contribution in [2.45, 2.75) is 32.4 Å². The fourth-order valence-electron chi connectivity index (χ4n) is 4.01. The highest BCUT2D eigenvalue weighted by molar-refractivity contribution is 5.73. The maximum atomic E-state index is 11.2. The molecule has 3 heterocycles. The number of nitrogens with one attached hydrogen (secondary N) is 1. The van der Waals surface area contributed by atoms with Crippen molar-refractivity contribution >= 4 is 17.5 Å². The lowest BCUT2D eigenvalue weighted by atomic mass is 10.1. The fraction of sp³-hybridized carbons (Fsp3) is 0.478. The van der Waals surface area contributed by atoms with Gasteiger partial charge in [-0.3, -0.25) is 4.79 Å². The van der Waals surface area contributed by atoms with E-state index in [4.69, 9.17) is 14.5 Å². The van der Waals surface area contributed by atoms with Crippen LogP contribution in [0.1, 0.15) is 31.9 Å². The van der Waals surface area contributed by atoms with Crippen LogP contribution in [-0.2, 0) is 9.53 Å². The summed E-state index contributed by atoms with van der Waals surface area (Å²) in [6.07, 6.45) is 1.10. The number of benzene rings is 1.